The number of fused-ring (bicyclic) bond motifs is 19. The highest BCUT2D eigenvalue weighted by atomic mass is 32.1. The molecule has 0 aliphatic carbocycles. The summed E-state index contributed by atoms with van der Waals surface area (Å²) >= 11 is 7.75. The van der Waals surface area contributed by atoms with Crippen LogP contribution in [-0.2, 0) is 0 Å². The van der Waals surface area contributed by atoms with Gasteiger partial charge in [-0.25, -0.2) is 0 Å². The van der Waals surface area contributed by atoms with Crippen molar-refractivity contribution in [1.82, 2.24) is 0 Å². The first-order valence-electron chi connectivity index (χ1n) is 20.4. The lowest BCUT2D eigenvalue weighted by Gasteiger charge is -2.37. The maximum Gasteiger partial charge on any atom is 0.248 e. The van der Waals surface area contributed by atoms with Crippen molar-refractivity contribution in [3.05, 3.63) is 170 Å². The molecule has 0 amide bonds. The fourth-order valence-corrected chi connectivity index (χ4v) is 15.8. The summed E-state index contributed by atoms with van der Waals surface area (Å²) in [4.78, 5) is 2.70. The molecule has 0 saturated heterocycles. The largest absolute Gasteiger partial charge is 0.309 e. The SMILES string of the molecule is c1ccc2c(c1)sc1c(-c3cc4c5c(c3)N(c3cccc6c3sc3ccccc36)c3c(ccc6c3sc3ccccc36)B5c3ccc5c(sc6ccccc65)c3-4)cccc12. The lowest BCUT2D eigenvalue weighted by atomic mass is 9.37. The van der Waals surface area contributed by atoms with Crippen LogP contribution in [-0.4, -0.2) is 6.71 Å². The summed E-state index contributed by atoms with van der Waals surface area (Å²) in [6.45, 7) is 0.108. The molecule has 0 N–H and O–H groups in total. The molecule has 9 aromatic carbocycles. The Balaban J connectivity index is 1.13. The van der Waals surface area contributed by atoms with Crippen molar-refractivity contribution in [2.45, 2.75) is 0 Å². The quantitative estimate of drug-likeness (QED) is 0.157. The van der Waals surface area contributed by atoms with Gasteiger partial charge in [0.15, 0.2) is 0 Å². The molecule has 0 saturated carbocycles. The highest BCUT2D eigenvalue weighted by Crippen LogP contribution is 2.53. The average molecular weight is 830 g/mol. The first-order chi connectivity index (χ1) is 29.8. The van der Waals surface area contributed by atoms with E-state index in [1.807, 2.05) is 45.3 Å². The Morgan fingerprint density at radius 1 is 0.350 bits per heavy atom. The second-order valence-electron chi connectivity index (χ2n) is 16.2. The maximum absolute atomic E-state index is 2.70. The van der Waals surface area contributed by atoms with Crippen LogP contribution in [0.25, 0.3) is 103 Å². The van der Waals surface area contributed by atoms with Gasteiger partial charge in [-0.3, -0.25) is 0 Å². The topological polar surface area (TPSA) is 3.24 Å². The molecule has 6 heteroatoms. The normalized spacial score (nSPS) is 13.3. The Morgan fingerprint density at radius 3 is 1.52 bits per heavy atom. The second-order valence-corrected chi connectivity index (χ2v) is 20.4. The van der Waals surface area contributed by atoms with Gasteiger partial charge in [0.05, 0.1) is 20.8 Å². The van der Waals surface area contributed by atoms with E-state index >= 15 is 0 Å². The number of hydrogen-bond acceptors (Lipinski definition) is 5. The third-order valence-corrected chi connectivity index (χ3v) is 18.1. The van der Waals surface area contributed by atoms with Crippen molar-refractivity contribution < 1.29 is 0 Å². The van der Waals surface area contributed by atoms with E-state index in [2.05, 4.69) is 175 Å². The zero-order valence-electron chi connectivity index (χ0n) is 31.8. The molecule has 0 fully saturated rings. The first-order valence-corrected chi connectivity index (χ1v) is 23.7. The predicted molar refractivity (Wildman–Crippen MR) is 268 cm³/mol. The van der Waals surface area contributed by atoms with Gasteiger partial charge in [-0.2, -0.15) is 0 Å². The van der Waals surface area contributed by atoms with Gasteiger partial charge in [0.25, 0.3) is 0 Å². The van der Waals surface area contributed by atoms with Crippen LogP contribution in [0.3, 0.4) is 0 Å². The fraction of sp³-hybridized carbons (Fsp3) is 0. The molecule has 6 heterocycles. The van der Waals surface area contributed by atoms with Crippen LogP contribution in [0.1, 0.15) is 0 Å². The summed E-state index contributed by atoms with van der Waals surface area (Å²) in [5.74, 6) is 0. The number of nitrogens with zero attached hydrogens (tertiary/aromatic N) is 1. The summed E-state index contributed by atoms with van der Waals surface area (Å²) in [5, 5.41) is 10.7. The number of benzene rings is 9. The summed E-state index contributed by atoms with van der Waals surface area (Å²) < 4.78 is 10.8. The molecule has 13 aromatic rings. The molecule has 1 nitrogen and oxygen atoms in total. The summed E-state index contributed by atoms with van der Waals surface area (Å²) in [7, 11) is 0. The predicted octanol–water partition coefficient (Wildman–Crippen LogP) is 15.1. The van der Waals surface area contributed by atoms with E-state index < -0.39 is 0 Å². The molecule has 276 valence electrons. The van der Waals surface area contributed by atoms with Gasteiger partial charge in [0, 0.05) is 77.0 Å². The Labute approximate surface area is 360 Å². The molecular weight excluding hydrogens is 802 g/mol. The van der Waals surface area contributed by atoms with E-state index in [1.165, 1.54) is 136 Å². The van der Waals surface area contributed by atoms with Crippen LogP contribution in [0.15, 0.2) is 170 Å². The van der Waals surface area contributed by atoms with Crippen molar-refractivity contribution in [2.24, 2.45) is 0 Å². The molecule has 0 bridgehead atoms. The minimum atomic E-state index is 0.108. The van der Waals surface area contributed by atoms with Crippen molar-refractivity contribution >= 4 is 166 Å². The van der Waals surface area contributed by atoms with Gasteiger partial charge in [-0.05, 0) is 75.6 Å². The standard InChI is InChI=1S/C54H28BNS4/c1-5-19-44-31(11-1)35-16-9-15-30(51(35)57-44)29-27-39-48-40(25-23-37-33-13-3-7-21-46(33)59-53(37)48)55-41-26-24-38-34-14-4-8-22-47(34)60-54(38)50(41)56(43(28-29)49(39)55)42-18-10-17-36-32-12-2-6-20-45(32)58-52(36)42/h1-28H. The van der Waals surface area contributed by atoms with Gasteiger partial charge in [-0.15, -0.1) is 45.3 Å². The summed E-state index contributed by atoms with van der Waals surface area (Å²) in [5.41, 5.74) is 13.4. The lowest BCUT2D eigenvalue weighted by Crippen LogP contribution is -2.54. The lowest BCUT2D eigenvalue weighted by molar-refractivity contribution is 1.34. The first kappa shape index (κ1) is 32.6. The Kier molecular flexibility index (Phi) is 6.36. The third-order valence-electron chi connectivity index (χ3n) is 13.3. The maximum atomic E-state index is 2.70. The van der Waals surface area contributed by atoms with Crippen LogP contribution >= 0.6 is 45.3 Å². The van der Waals surface area contributed by atoms with Crippen LogP contribution in [0.2, 0.25) is 0 Å². The van der Waals surface area contributed by atoms with E-state index in [0.717, 1.165) is 0 Å². The smallest absolute Gasteiger partial charge is 0.248 e. The monoisotopic (exact) mass is 829 g/mol. The zero-order chi connectivity index (χ0) is 38.8. The number of rotatable bonds is 2. The minimum absolute atomic E-state index is 0.108. The molecule has 4 aromatic heterocycles. The van der Waals surface area contributed by atoms with Gasteiger partial charge in [-0.1, -0.05) is 133 Å². The van der Waals surface area contributed by atoms with Crippen molar-refractivity contribution in [3.8, 4) is 22.3 Å². The fourth-order valence-electron chi connectivity index (χ4n) is 10.8. The Hall–Kier alpha value is -6.28. The van der Waals surface area contributed by atoms with Gasteiger partial charge in [0.1, 0.15) is 0 Å². The molecule has 0 unspecified atom stereocenters. The highest BCUT2D eigenvalue weighted by Gasteiger charge is 2.45. The highest BCUT2D eigenvalue weighted by molar-refractivity contribution is 7.28. The molecule has 0 atom stereocenters. The molecule has 2 aliphatic rings. The number of hydrogen-bond donors (Lipinski definition) is 0. The average Bonchev–Trinajstić information content (AvgIpc) is 4.12. The Bertz CT molecular complexity index is 4050. The summed E-state index contributed by atoms with van der Waals surface area (Å²) in [6.07, 6.45) is 0. The number of anilines is 3. The van der Waals surface area contributed by atoms with E-state index in [0.29, 0.717) is 0 Å². The van der Waals surface area contributed by atoms with E-state index in [1.54, 1.807) is 0 Å². The van der Waals surface area contributed by atoms with Gasteiger partial charge in [0.2, 0.25) is 6.71 Å². The van der Waals surface area contributed by atoms with Crippen molar-refractivity contribution in [1.29, 1.82) is 0 Å². The Morgan fingerprint density at radius 2 is 0.850 bits per heavy atom. The van der Waals surface area contributed by atoms with Crippen LogP contribution < -0.4 is 21.3 Å². The van der Waals surface area contributed by atoms with Crippen molar-refractivity contribution in [2.75, 3.05) is 4.90 Å². The van der Waals surface area contributed by atoms with Gasteiger partial charge < -0.3 is 4.90 Å². The van der Waals surface area contributed by atoms with Crippen molar-refractivity contribution in [3.63, 3.8) is 0 Å². The van der Waals surface area contributed by atoms with Gasteiger partial charge >= 0.3 is 0 Å². The zero-order valence-corrected chi connectivity index (χ0v) is 35.1. The summed E-state index contributed by atoms with van der Waals surface area (Å²) in [6, 6.07) is 64.6. The van der Waals surface area contributed by atoms with E-state index in [-0.39, 0.29) is 6.71 Å². The molecule has 60 heavy (non-hydrogen) atoms. The minimum Gasteiger partial charge on any atom is -0.309 e. The van der Waals surface area contributed by atoms with Crippen LogP contribution in [0.5, 0.6) is 0 Å². The third kappa shape index (κ3) is 4.12. The number of thiophene rings is 4. The van der Waals surface area contributed by atoms with Crippen LogP contribution in [0, 0.1) is 0 Å². The molecule has 0 spiro atoms. The van der Waals surface area contributed by atoms with E-state index in [4.69, 9.17) is 0 Å². The molecule has 15 rings (SSSR count). The second kappa shape index (κ2) is 11.7. The van der Waals surface area contributed by atoms with E-state index in [9.17, 15) is 0 Å². The molecule has 2 aliphatic heterocycles. The molecule has 0 radical (unpaired) electrons. The van der Waals surface area contributed by atoms with Crippen LogP contribution in [0.4, 0.5) is 17.1 Å². The molecular formula is C54H28BNS4.